The van der Waals surface area contributed by atoms with Crippen molar-refractivity contribution in [3.8, 4) is 11.3 Å². The van der Waals surface area contributed by atoms with Crippen LogP contribution in [-0.4, -0.2) is 64.7 Å². The van der Waals surface area contributed by atoms with Crippen LogP contribution in [0.2, 0.25) is 0 Å². The predicted molar refractivity (Wildman–Crippen MR) is 97.8 cm³/mol. The minimum absolute atomic E-state index is 0.0361. The summed E-state index contributed by atoms with van der Waals surface area (Å²) in [5.41, 5.74) is 1.26. The van der Waals surface area contributed by atoms with Crippen LogP contribution in [0.3, 0.4) is 0 Å². The molecule has 7 heteroatoms. The Balaban J connectivity index is 1.54. The van der Waals surface area contributed by atoms with E-state index in [0.29, 0.717) is 43.9 Å². The van der Waals surface area contributed by atoms with E-state index in [1.807, 2.05) is 30.3 Å². The van der Waals surface area contributed by atoms with Crippen LogP contribution in [0.5, 0.6) is 0 Å². The Morgan fingerprint density at radius 1 is 1.22 bits per heavy atom. The third-order valence-electron chi connectivity index (χ3n) is 5.68. The molecule has 4 rings (SSSR count). The van der Waals surface area contributed by atoms with Crippen molar-refractivity contribution < 1.29 is 19.2 Å². The second-order valence-electron chi connectivity index (χ2n) is 7.32. The number of hydrogen-bond acceptors (Lipinski definition) is 5. The highest BCUT2D eigenvalue weighted by Gasteiger charge is 2.49. The average Bonchev–Trinajstić information content (AvgIpc) is 3.34. The molecule has 2 aliphatic rings. The zero-order chi connectivity index (χ0) is 18.9. The van der Waals surface area contributed by atoms with Gasteiger partial charge in [0.2, 0.25) is 5.91 Å². The Hall–Kier alpha value is -2.67. The summed E-state index contributed by atoms with van der Waals surface area (Å²) in [7, 11) is 0. The first-order valence-corrected chi connectivity index (χ1v) is 9.34. The van der Waals surface area contributed by atoms with Crippen LogP contribution in [0.4, 0.5) is 0 Å². The number of hydrogen-bond donors (Lipinski definition) is 1. The summed E-state index contributed by atoms with van der Waals surface area (Å²) in [6, 6.07) is 9.45. The molecule has 1 aromatic carbocycles. The largest absolute Gasteiger partial charge is 0.395 e. The zero-order valence-corrected chi connectivity index (χ0v) is 15.1. The molecule has 2 aliphatic heterocycles. The predicted octanol–water partition coefficient (Wildman–Crippen LogP) is 1.79. The van der Waals surface area contributed by atoms with Crippen molar-refractivity contribution in [2.24, 2.45) is 5.41 Å². The molecule has 3 heterocycles. The van der Waals surface area contributed by atoms with Crippen LogP contribution in [0.15, 0.2) is 41.1 Å². The van der Waals surface area contributed by atoms with E-state index in [1.54, 1.807) is 9.80 Å². The van der Waals surface area contributed by atoms with Gasteiger partial charge in [0, 0.05) is 31.7 Å². The molecule has 7 nitrogen and oxygen atoms in total. The maximum atomic E-state index is 13.1. The molecule has 2 amide bonds. The summed E-state index contributed by atoms with van der Waals surface area (Å²) in [5, 5.41) is 13.2. The summed E-state index contributed by atoms with van der Waals surface area (Å²) in [6.07, 6.45) is 3.73. The van der Waals surface area contributed by atoms with Crippen LogP contribution in [-0.2, 0) is 4.79 Å². The van der Waals surface area contributed by atoms with Gasteiger partial charge in [-0.1, -0.05) is 35.5 Å². The minimum atomic E-state index is -0.521. The van der Waals surface area contributed by atoms with Gasteiger partial charge >= 0.3 is 0 Å². The lowest BCUT2D eigenvalue weighted by Crippen LogP contribution is -2.51. The lowest BCUT2D eigenvalue weighted by Gasteiger charge is -2.39. The Labute approximate surface area is 157 Å². The highest BCUT2D eigenvalue weighted by Crippen LogP contribution is 2.40. The van der Waals surface area contributed by atoms with Crippen molar-refractivity contribution >= 4 is 11.8 Å². The fraction of sp³-hybridized carbons (Fsp3) is 0.450. The number of aliphatic hydroxyl groups excluding tert-OH is 1. The third kappa shape index (κ3) is 3.12. The van der Waals surface area contributed by atoms with E-state index in [1.165, 1.54) is 6.26 Å². The molecule has 1 aromatic heterocycles. The first-order chi connectivity index (χ1) is 13.1. The number of piperidine rings is 1. The van der Waals surface area contributed by atoms with Crippen LogP contribution in [0, 0.1) is 5.41 Å². The van der Waals surface area contributed by atoms with Crippen molar-refractivity contribution in [1.82, 2.24) is 15.0 Å². The van der Waals surface area contributed by atoms with E-state index >= 15 is 0 Å². The van der Waals surface area contributed by atoms with E-state index in [-0.39, 0.29) is 18.4 Å². The first kappa shape index (κ1) is 17.7. The van der Waals surface area contributed by atoms with E-state index in [9.17, 15) is 14.7 Å². The van der Waals surface area contributed by atoms with Crippen LogP contribution < -0.4 is 0 Å². The van der Waals surface area contributed by atoms with Gasteiger partial charge in [-0.2, -0.15) is 0 Å². The van der Waals surface area contributed by atoms with Crippen molar-refractivity contribution in [3.63, 3.8) is 0 Å². The minimum Gasteiger partial charge on any atom is -0.395 e. The first-order valence-electron chi connectivity index (χ1n) is 9.34. The van der Waals surface area contributed by atoms with Crippen LogP contribution in [0.1, 0.15) is 29.6 Å². The van der Waals surface area contributed by atoms with Gasteiger partial charge in [-0.15, -0.1) is 0 Å². The van der Waals surface area contributed by atoms with Gasteiger partial charge in [0.25, 0.3) is 5.91 Å². The number of rotatable bonds is 4. The monoisotopic (exact) mass is 369 g/mol. The van der Waals surface area contributed by atoms with Crippen molar-refractivity contribution in [2.75, 3.05) is 32.8 Å². The molecule has 1 atom stereocenters. The quantitative estimate of drug-likeness (QED) is 0.888. The topological polar surface area (TPSA) is 86.9 Å². The summed E-state index contributed by atoms with van der Waals surface area (Å²) < 4.78 is 5.09. The molecule has 142 valence electrons. The number of β-amino-alcohol motifs (C(OH)–C–C–N with tert-alkyl or cyclic N) is 1. The number of amides is 2. The van der Waals surface area contributed by atoms with Gasteiger partial charge in [0.1, 0.15) is 17.5 Å². The van der Waals surface area contributed by atoms with E-state index < -0.39 is 5.41 Å². The Morgan fingerprint density at radius 3 is 2.81 bits per heavy atom. The van der Waals surface area contributed by atoms with Crippen molar-refractivity contribution in [2.45, 2.75) is 19.3 Å². The Bertz CT molecular complexity index is 833. The molecule has 1 spiro atoms. The van der Waals surface area contributed by atoms with Gasteiger partial charge < -0.3 is 19.4 Å². The zero-order valence-electron chi connectivity index (χ0n) is 15.1. The number of aliphatic hydroxyl groups is 1. The van der Waals surface area contributed by atoms with Gasteiger partial charge in [0.15, 0.2) is 0 Å². The standard InChI is InChI=1S/C20H23N3O4/c24-12-11-22-9-4-7-20(19(22)26)8-10-23(14-20)18(25)16-13-27-21-17(16)15-5-2-1-3-6-15/h1-3,5-6,13,24H,4,7-12,14H2/t20-/m0/s1. The molecule has 2 aromatic rings. The lowest BCUT2D eigenvalue weighted by atomic mass is 9.78. The highest BCUT2D eigenvalue weighted by molar-refractivity contribution is 6.00. The van der Waals surface area contributed by atoms with Gasteiger partial charge in [-0.3, -0.25) is 9.59 Å². The molecule has 2 saturated heterocycles. The Morgan fingerprint density at radius 2 is 2.04 bits per heavy atom. The molecule has 0 saturated carbocycles. The normalized spacial score (nSPS) is 22.6. The van der Waals surface area contributed by atoms with Crippen molar-refractivity contribution in [1.29, 1.82) is 0 Å². The molecular formula is C20H23N3O4. The summed E-state index contributed by atoms with van der Waals surface area (Å²) in [4.78, 5) is 29.5. The molecular weight excluding hydrogens is 346 g/mol. The second kappa shape index (κ2) is 7.15. The third-order valence-corrected chi connectivity index (χ3v) is 5.68. The smallest absolute Gasteiger partial charge is 0.259 e. The molecule has 27 heavy (non-hydrogen) atoms. The van der Waals surface area contributed by atoms with E-state index in [2.05, 4.69) is 5.16 Å². The van der Waals surface area contributed by atoms with E-state index in [0.717, 1.165) is 18.4 Å². The van der Waals surface area contributed by atoms with Gasteiger partial charge in [-0.05, 0) is 19.3 Å². The summed E-state index contributed by atoms with van der Waals surface area (Å²) in [6.45, 7) is 1.95. The van der Waals surface area contributed by atoms with Crippen LogP contribution in [0.25, 0.3) is 11.3 Å². The number of carbonyl (C=O) groups excluding carboxylic acids is 2. The summed E-state index contributed by atoms with van der Waals surface area (Å²) in [5.74, 6) is -0.0919. The SMILES string of the molecule is O=C(c1conc1-c1ccccc1)N1CC[C@@]2(CCCN(CCO)C2=O)C1. The number of likely N-dealkylation sites (tertiary alicyclic amines) is 2. The molecule has 0 unspecified atom stereocenters. The van der Waals surface area contributed by atoms with E-state index in [4.69, 9.17) is 4.52 Å². The molecule has 2 fully saturated rings. The summed E-state index contributed by atoms with van der Waals surface area (Å²) >= 11 is 0. The Kier molecular flexibility index (Phi) is 4.70. The molecule has 0 bridgehead atoms. The number of nitrogens with zero attached hydrogens (tertiary/aromatic N) is 3. The molecule has 1 N–H and O–H groups in total. The highest BCUT2D eigenvalue weighted by atomic mass is 16.5. The fourth-order valence-corrected chi connectivity index (χ4v) is 4.27. The number of aromatic nitrogens is 1. The van der Waals surface area contributed by atoms with Gasteiger partial charge in [-0.25, -0.2) is 0 Å². The maximum Gasteiger partial charge on any atom is 0.259 e. The molecule has 0 aliphatic carbocycles. The molecule has 0 radical (unpaired) electrons. The maximum absolute atomic E-state index is 13.1. The van der Waals surface area contributed by atoms with Crippen LogP contribution >= 0.6 is 0 Å². The number of benzene rings is 1. The fourth-order valence-electron chi connectivity index (χ4n) is 4.27. The lowest BCUT2D eigenvalue weighted by molar-refractivity contribution is -0.146. The van der Waals surface area contributed by atoms with Gasteiger partial charge in [0.05, 0.1) is 12.0 Å². The number of carbonyl (C=O) groups is 2. The second-order valence-corrected chi connectivity index (χ2v) is 7.32. The average molecular weight is 369 g/mol. The van der Waals surface area contributed by atoms with Crippen molar-refractivity contribution in [3.05, 3.63) is 42.2 Å².